The Morgan fingerprint density at radius 2 is 2.08 bits per heavy atom. The molecule has 0 N–H and O–H groups in total. The predicted octanol–water partition coefficient (Wildman–Crippen LogP) is 4.47. The highest BCUT2D eigenvalue weighted by atomic mass is 79.9. The number of pyridine rings is 1. The zero-order chi connectivity index (χ0) is 18.1. The summed E-state index contributed by atoms with van der Waals surface area (Å²) in [5.74, 6) is 1.53. The molecule has 3 heterocycles. The van der Waals surface area contributed by atoms with Gasteiger partial charge in [0.15, 0.2) is 5.65 Å². The molecule has 3 aromatic rings. The van der Waals surface area contributed by atoms with Gasteiger partial charge in [-0.2, -0.15) is 0 Å². The third kappa shape index (κ3) is 3.26. The number of fused-ring (bicyclic) bond motifs is 1. The van der Waals surface area contributed by atoms with Crippen LogP contribution in [0.15, 0.2) is 47.1 Å². The van der Waals surface area contributed by atoms with Crippen LogP contribution in [-0.4, -0.2) is 31.9 Å². The Bertz CT molecular complexity index is 938. The van der Waals surface area contributed by atoms with Crippen molar-refractivity contribution >= 4 is 33.0 Å². The van der Waals surface area contributed by atoms with Crippen molar-refractivity contribution < 1.29 is 4.79 Å². The molecule has 0 aliphatic carbocycles. The van der Waals surface area contributed by atoms with E-state index < -0.39 is 0 Å². The third-order valence-electron chi connectivity index (χ3n) is 4.89. The smallest absolute Gasteiger partial charge is 0.224 e. The number of carbonyl (C=O) groups is 1. The molecule has 1 atom stereocenters. The van der Waals surface area contributed by atoms with E-state index in [1.165, 1.54) is 0 Å². The quantitative estimate of drug-likeness (QED) is 0.620. The second-order valence-electron chi connectivity index (χ2n) is 6.84. The van der Waals surface area contributed by atoms with Gasteiger partial charge in [-0.1, -0.05) is 43.7 Å². The highest BCUT2D eigenvalue weighted by Gasteiger charge is 2.30. The van der Waals surface area contributed by atoms with E-state index in [1.54, 1.807) is 6.20 Å². The Hall–Kier alpha value is -2.21. The molecule has 2 aromatic heterocycles. The molecule has 1 aliphatic heterocycles. The molecule has 0 saturated carbocycles. The zero-order valence-electron chi connectivity index (χ0n) is 14.7. The third-order valence-corrected chi connectivity index (χ3v) is 5.32. The van der Waals surface area contributed by atoms with Crippen LogP contribution < -0.4 is 0 Å². The monoisotopic (exact) mass is 412 g/mol. The summed E-state index contributed by atoms with van der Waals surface area (Å²) in [5, 5.41) is 0. The molecule has 26 heavy (non-hydrogen) atoms. The minimum absolute atomic E-state index is 0.224. The summed E-state index contributed by atoms with van der Waals surface area (Å²) in [7, 11) is 0. The summed E-state index contributed by atoms with van der Waals surface area (Å²) >= 11 is 3.47. The van der Waals surface area contributed by atoms with Gasteiger partial charge in [-0.25, -0.2) is 9.97 Å². The van der Waals surface area contributed by atoms with Crippen LogP contribution in [0.3, 0.4) is 0 Å². The normalized spacial score (nSPS) is 17.4. The summed E-state index contributed by atoms with van der Waals surface area (Å²) in [4.78, 5) is 23.8. The lowest BCUT2D eigenvalue weighted by Gasteiger charge is -2.19. The van der Waals surface area contributed by atoms with Gasteiger partial charge in [0, 0.05) is 29.2 Å². The van der Waals surface area contributed by atoms with Gasteiger partial charge in [0.1, 0.15) is 18.0 Å². The van der Waals surface area contributed by atoms with Crippen LogP contribution in [0.1, 0.15) is 26.2 Å². The number of benzene rings is 1. The Morgan fingerprint density at radius 1 is 1.27 bits per heavy atom. The van der Waals surface area contributed by atoms with Crippen molar-refractivity contribution in [3.63, 3.8) is 0 Å². The minimum atomic E-state index is 0.224. The molecule has 1 amide bonds. The van der Waals surface area contributed by atoms with Crippen LogP contribution in [0.4, 0.5) is 0 Å². The number of halogens is 1. The molecule has 0 bridgehead atoms. The maximum atomic E-state index is 12.5. The Kier molecular flexibility index (Phi) is 4.76. The first-order valence-corrected chi connectivity index (χ1v) is 9.80. The molecule has 1 aliphatic rings. The van der Waals surface area contributed by atoms with Crippen molar-refractivity contribution in [3.8, 4) is 11.4 Å². The van der Waals surface area contributed by atoms with Gasteiger partial charge < -0.3 is 4.90 Å². The first-order valence-electron chi connectivity index (χ1n) is 9.00. The van der Waals surface area contributed by atoms with Gasteiger partial charge in [-0.15, -0.1) is 0 Å². The van der Waals surface area contributed by atoms with Gasteiger partial charge in [-0.05, 0) is 34.3 Å². The van der Waals surface area contributed by atoms with Gasteiger partial charge in [0.05, 0.1) is 0 Å². The number of hydrogen-bond donors (Lipinski definition) is 0. The molecule has 6 heteroatoms. The topological polar surface area (TPSA) is 51.0 Å². The second-order valence-corrected chi connectivity index (χ2v) is 7.76. The number of aromatic nitrogens is 3. The van der Waals surface area contributed by atoms with Gasteiger partial charge >= 0.3 is 0 Å². The number of rotatable bonds is 5. The maximum Gasteiger partial charge on any atom is 0.224 e. The van der Waals surface area contributed by atoms with Crippen molar-refractivity contribution in [1.29, 1.82) is 0 Å². The van der Waals surface area contributed by atoms with Crippen molar-refractivity contribution in [2.45, 2.75) is 32.9 Å². The van der Waals surface area contributed by atoms with Crippen molar-refractivity contribution in [2.24, 2.45) is 5.92 Å². The second kappa shape index (κ2) is 7.19. The van der Waals surface area contributed by atoms with Crippen molar-refractivity contribution in [3.05, 3.63) is 47.1 Å². The fourth-order valence-corrected chi connectivity index (χ4v) is 4.01. The Morgan fingerprint density at radius 3 is 2.85 bits per heavy atom. The van der Waals surface area contributed by atoms with Gasteiger partial charge in [0.25, 0.3) is 0 Å². The Balaban J connectivity index is 1.74. The molecule has 5 nitrogen and oxygen atoms in total. The largest absolute Gasteiger partial charge is 0.324 e. The first kappa shape index (κ1) is 17.2. The molecule has 1 unspecified atom stereocenters. The fourth-order valence-electron chi connectivity index (χ4n) is 3.69. The van der Waals surface area contributed by atoms with Crippen LogP contribution in [0, 0.1) is 5.92 Å². The highest BCUT2D eigenvalue weighted by molar-refractivity contribution is 9.10. The van der Waals surface area contributed by atoms with E-state index in [1.807, 2.05) is 41.3 Å². The SMILES string of the molecule is CCCC1CC(=O)N(Cn2c(-c3ccccc3)nc3cc(Br)cnc32)C1. The standard InChI is InChI=1S/C20H21BrN4O/c1-2-6-14-9-18(26)24(12-14)13-25-19(15-7-4-3-5-8-15)23-17-10-16(21)11-22-20(17)25/h3-5,7-8,10-11,14H,2,6,9,12-13H2,1H3. The average Bonchev–Trinajstić information content (AvgIpc) is 3.16. The summed E-state index contributed by atoms with van der Waals surface area (Å²) in [6.45, 7) is 3.48. The minimum Gasteiger partial charge on any atom is -0.324 e. The highest BCUT2D eigenvalue weighted by Crippen LogP contribution is 2.28. The van der Waals surface area contributed by atoms with Crippen LogP contribution in [0.25, 0.3) is 22.6 Å². The Labute approximate surface area is 161 Å². The van der Waals surface area contributed by atoms with Crippen molar-refractivity contribution in [2.75, 3.05) is 6.54 Å². The van der Waals surface area contributed by atoms with E-state index in [2.05, 4.69) is 32.4 Å². The molecular formula is C20H21BrN4O. The van der Waals surface area contributed by atoms with Crippen molar-refractivity contribution in [1.82, 2.24) is 19.4 Å². The van der Waals surface area contributed by atoms with E-state index in [-0.39, 0.29) is 5.91 Å². The summed E-state index contributed by atoms with van der Waals surface area (Å²) in [6, 6.07) is 12.0. The molecule has 0 spiro atoms. The summed E-state index contributed by atoms with van der Waals surface area (Å²) < 4.78 is 2.96. The van der Waals surface area contributed by atoms with E-state index in [0.717, 1.165) is 46.4 Å². The van der Waals surface area contributed by atoms with Gasteiger partial charge in [0.2, 0.25) is 5.91 Å². The lowest BCUT2D eigenvalue weighted by molar-refractivity contribution is -0.129. The number of carbonyl (C=O) groups excluding carboxylic acids is 1. The molecular weight excluding hydrogens is 392 g/mol. The van der Waals surface area contributed by atoms with E-state index in [0.29, 0.717) is 19.0 Å². The zero-order valence-corrected chi connectivity index (χ0v) is 16.3. The molecule has 1 aromatic carbocycles. The summed E-state index contributed by atoms with van der Waals surface area (Å²) in [5.41, 5.74) is 2.66. The summed E-state index contributed by atoms with van der Waals surface area (Å²) in [6.07, 6.45) is 4.65. The van der Waals surface area contributed by atoms with Gasteiger partial charge in [-0.3, -0.25) is 9.36 Å². The predicted molar refractivity (Wildman–Crippen MR) is 105 cm³/mol. The number of nitrogens with zero attached hydrogens (tertiary/aromatic N) is 4. The molecule has 4 rings (SSSR count). The molecule has 1 fully saturated rings. The molecule has 134 valence electrons. The van der Waals surface area contributed by atoms with Crippen LogP contribution in [-0.2, 0) is 11.5 Å². The average molecular weight is 413 g/mol. The fraction of sp³-hybridized carbons (Fsp3) is 0.350. The number of hydrogen-bond acceptors (Lipinski definition) is 3. The van der Waals surface area contributed by atoms with Crippen LogP contribution in [0.5, 0.6) is 0 Å². The number of likely N-dealkylation sites (tertiary alicyclic amines) is 1. The van der Waals surface area contributed by atoms with Crippen LogP contribution in [0.2, 0.25) is 0 Å². The van der Waals surface area contributed by atoms with E-state index in [4.69, 9.17) is 4.98 Å². The van der Waals surface area contributed by atoms with E-state index >= 15 is 0 Å². The lowest BCUT2D eigenvalue weighted by Crippen LogP contribution is -2.28. The maximum absolute atomic E-state index is 12.5. The molecule has 0 radical (unpaired) electrons. The van der Waals surface area contributed by atoms with Crippen LogP contribution >= 0.6 is 15.9 Å². The lowest BCUT2D eigenvalue weighted by atomic mass is 10.0. The van der Waals surface area contributed by atoms with E-state index in [9.17, 15) is 4.79 Å². The number of amides is 1. The number of imidazole rings is 1. The first-order chi connectivity index (χ1) is 12.7. The molecule has 1 saturated heterocycles.